The average molecular weight is 281 g/mol. The van der Waals surface area contributed by atoms with Crippen molar-refractivity contribution < 1.29 is 4.79 Å². The van der Waals surface area contributed by atoms with Crippen LogP contribution < -0.4 is 4.90 Å². The van der Waals surface area contributed by atoms with E-state index in [1.165, 1.54) is 16.8 Å². The summed E-state index contributed by atoms with van der Waals surface area (Å²) in [7, 11) is 4.05. The van der Waals surface area contributed by atoms with Crippen molar-refractivity contribution in [2.24, 2.45) is 0 Å². The highest BCUT2D eigenvalue weighted by molar-refractivity contribution is 5.69. The number of carbonyl (C=O) groups is 1. The Balaban J connectivity index is 2.25. The van der Waals surface area contributed by atoms with Gasteiger partial charge in [0.1, 0.15) is 6.29 Å². The monoisotopic (exact) mass is 281 g/mol. The van der Waals surface area contributed by atoms with E-state index in [0.29, 0.717) is 6.42 Å². The Morgan fingerprint density at radius 1 is 1.00 bits per heavy atom. The van der Waals surface area contributed by atoms with Crippen LogP contribution in [0.2, 0.25) is 0 Å². The Labute approximate surface area is 127 Å². The molecule has 0 radical (unpaired) electrons. The molecular formula is C19H23NO. The Morgan fingerprint density at radius 2 is 1.57 bits per heavy atom. The molecule has 0 saturated heterocycles. The molecule has 0 heterocycles. The Bertz CT molecular complexity index is 598. The minimum Gasteiger partial charge on any atom is -0.378 e. The molecule has 0 aliphatic heterocycles. The number of hydrogen-bond donors (Lipinski definition) is 0. The van der Waals surface area contributed by atoms with Crippen LogP contribution in [0.5, 0.6) is 0 Å². The zero-order valence-corrected chi connectivity index (χ0v) is 13.3. The number of rotatable bonds is 5. The second-order valence-electron chi connectivity index (χ2n) is 6.14. The minimum absolute atomic E-state index is 0.479. The van der Waals surface area contributed by atoms with E-state index in [4.69, 9.17) is 0 Å². The number of carbonyl (C=O) groups excluding carboxylic acids is 1. The van der Waals surface area contributed by atoms with Crippen molar-refractivity contribution >= 4 is 12.0 Å². The first-order valence-corrected chi connectivity index (χ1v) is 7.24. The van der Waals surface area contributed by atoms with Gasteiger partial charge < -0.3 is 9.69 Å². The minimum atomic E-state index is -0.479. The van der Waals surface area contributed by atoms with E-state index in [9.17, 15) is 4.79 Å². The number of anilines is 1. The van der Waals surface area contributed by atoms with E-state index in [1.54, 1.807) is 0 Å². The average Bonchev–Trinajstić information content (AvgIpc) is 2.48. The summed E-state index contributed by atoms with van der Waals surface area (Å²) in [4.78, 5) is 13.8. The standard InChI is InChI=1S/C19H23NO/c1-15-5-9-17(10-6-15)19(2,14-21)13-16-7-11-18(12-8-16)20(3)4/h5-12,14H,13H2,1-4H3. The van der Waals surface area contributed by atoms with Crippen molar-refractivity contribution in [1.82, 2.24) is 0 Å². The maximum atomic E-state index is 11.7. The zero-order valence-electron chi connectivity index (χ0n) is 13.3. The van der Waals surface area contributed by atoms with Crippen LogP contribution in [-0.4, -0.2) is 20.4 Å². The first kappa shape index (κ1) is 15.3. The molecule has 2 rings (SSSR count). The van der Waals surface area contributed by atoms with Crippen LogP contribution in [0.15, 0.2) is 48.5 Å². The Kier molecular flexibility index (Phi) is 4.46. The fourth-order valence-corrected chi connectivity index (χ4v) is 2.48. The van der Waals surface area contributed by atoms with Crippen LogP contribution in [0.25, 0.3) is 0 Å². The topological polar surface area (TPSA) is 20.3 Å². The van der Waals surface area contributed by atoms with Crippen LogP contribution in [0.3, 0.4) is 0 Å². The van der Waals surface area contributed by atoms with E-state index in [0.717, 1.165) is 11.8 Å². The molecule has 0 spiro atoms. The molecule has 21 heavy (non-hydrogen) atoms. The number of benzene rings is 2. The van der Waals surface area contributed by atoms with Gasteiger partial charge in [-0.25, -0.2) is 0 Å². The van der Waals surface area contributed by atoms with Crippen molar-refractivity contribution in [3.8, 4) is 0 Å². The highest BCUT2D eigenvalue weighted by Gasteiger charge is 2.26. The molecule has 0 N–H and O–H groups in total. The third-order valence-electron chi connectivity index (χ3n) is 4.00. The number of aryl methyl sites for hydroxylation is 1. The first-order chi connectivity index (χ1) is 9.94. The lowest BCUT2D eigenvalue weighted by Crippen LogP contribution is -2.26. The molecule has 0 aliphatic rings. The molecule has 2 nitrogen and oxygen atoms in total. The normalized spacial score (nSPS) is 13.5. The van der Waals surface area contributed by atoms with Gasteiger partial charge in [-0.05, 0) is 43.5 Å². The van der Waals surface area contributed by atoms with Crippen molar-refractivity contribution in [2.45, 2.75) is 25.7 Å². The second kappa shape index (κ2) is 6.13. The van der Waals surface area contributed by atoms with Gasteiger partial charge in [0.05, 0.1) is 5.41 Å². The molecule has 0 saturated carbocycles. The molecule has 0 amide bonds. The predicted molar refractivity (Wildman–Crippen MR) is 89.1 cm³/mol. The molecule has 0 aliphatic carbocycles. The summed E-state index contributed by atoms with van der Waals surface area (Å²) in [6, 6.07) is 16.6. The van der Waals surface area contributed by atoms with Gasteiger partial charge in [0, 0.05) is 19.8 Å². The maximum Gasteiger partial charge on any atom is 0.130 e. The molecule has 0 aromatic heterocycles. The lowest BCUT2D eigenvalue weighted by Gasteiger charge is -2.24. The van der Waals surface area contributed by atoms with E-state index in [2.05, 4.69) is 60.4 Å². The van der Waals surface area contributed by atoms with E-state index in [1.807, 2.05) is 21.0 Å². The van der Waals surface area contributed by atoms with E-state index in [-0.39, 0.29) is 0 Å². The number of nitrogens with zero attached hydrogens (tertiary/aromatic N) is 1. The summed E-state index contributed by atoms with van der Waals surface area (Å²) in [5.41, 5.74) is 4.15. The molecular weight excluding hydrogens is 258 g/mol. The highest BCUT2D eigenvalue weighted by atomic mass is 16.1. The third-order valence-corrected chi connectivity index (χ3v) is 4.00. The molecule has 2 aromatic rings. The first-order valence-electron chi connectivity index (χ1n) is 7.24. The van der Waals surface area contributed by atoms with Crippen LogP contribution in [0.4, 0.5) is 5.69 Å². The molecule has 2 heteroatoms. The quantitative estimate of drug-likeness (QED) is 0.778. The molecule has 2 aromatic carbocycles. The molecule has 110 valence electrons. The van der Waals surface area contributed by atoms with Gasteiger partial charge in [0.15, 0.2) is 0 Å². The second-order valence-corrected chi connectivity index (χ2v) is 6.14. The fraction of sp³-hybridized carbons (Fsp3) is 0.316. The third kappa shape index (κ3) is 3.52. The Morgan fingerprint density at radius 3 is 2.05 bits per heavy atom. The van der Waals surface area contributed by atoms with Crippen LogP contribution >= 0.6 is 0 Å². The van der Waals surface area contributed by atoms with Crippen LogP contribution in [0, 0.1) is 6.92 Å². The maximum absolute atomic E-state index is 11.7. The van der Waals surface area contributed by atoms with Crippen molar-refractivity contribution in [3.05, 3.63) is 65.2 Å². The summed E-state index contributed by atoms with van der Waals surface area (Å²) in [5, 5.41) is 0. The van der Waals surface area contributed by atoms with Crippen molar-refractivity contribution in [3.63, 3.8) is 0 Å². The van der Waals surface area contributed by atoms with E-state index < -0.39 is 5.41 Å². The van der Waals surface area contributed by atoms with Gasteiger partial charge in [-0.3, -0.25) is 0 Å². The molecule has 0 fully saturated rings. The lowest BCUT2D eigenvalue weighted by atomic mass is 9.78. The molecule has 0 bridgehead atoms. The van der Waals surface area contributed by atoms with Gasteiger partial charge in [0.25, 0.3) is 0 Å². The van der Waals surface area contributed by atoms with Gasteiger partial charge >= 0.3 is 0 Å². The molecule has 1 atom stereocenters. The van der Waals surface area contributed by atoms with Crippen LogP contribution in [-0.2, 0) is 16.6 Å². The largest absolute Gasteiger partial charge is 0.378 e. The van der Waals surface area contributed by atoms with Crippen LogP contribution in [0.1, 0.15) is 23.6 Å². The fourth-order valence-electron chi connectivity index (χ4n) is 2.48. The van der Waals surface area contributed by atoms with Crippen molar-refractivity contribution in [2.75, 3.05) is 19.0 Å². The lowest BCUT2D eigenvalue weighted by molar-refractivity contribution is -0.112. The van der Waals surface area contributed by atoms with Crippen molar-refractivity contribution in [1.29, 1.82) is 0 Å². The predicted octanol–water partition coefficient (Wildman–Crippen LogP) is 3.76. The summed E-state index contributed by atoms with van der Waals surface area (Å²) in [6.07, 6.45) is 1.78. The highest BCUT2D eigenvalue weighted by Crippen LogP contribution is 2.27. The van der Waals surface area contributed by atoms with E-state index >= 15 is 0 Å². The summed E-state index contributed by atoms with van der Waals surface area (Å²) in [5.74, 6) is 0. The summed E-state index contributed by atoms with van der Waals surface area (Å²) in [6.45, 7) is 4.06. The number of hydrogen-bond acceptors (Lipinski definition) is 2. The van der Waals surface area contributed by atoms with Gasteiger partial charge in [-0.1, -0.05) is 42.0 Å². The SMILES string of the molecule is Cc1ccc(C(C)(C=O)Cc2ccc(N(C)C)cc2)cc1. The zero-order chi connectivity index (χ0) is 15.5. The van der Waals surface area contributed by atoms with Gasteiger partial charge in [0.2, 0.25) is 0 Å². The molecule has 1 unspecified atom stereocenters. The summed E-state index contributed by atoms with van der Waals surface area (Å²) < 4.78 is 0. The van der Waals surface area contributed by atoms with Gasteiger partial charge in [-0.2, -0.15) is 0 Å². The summed E-state index contributed by atoms with van der Waals surface area (Å²) >= 11 is 0. The Hall–Kier alpha value is -2.09. The smallest absolute Gasteiger partial charge is 0.130 e. The van der Waals surface area contributed by atoms with Gasteiger partial charge in [-0.15, -0.1) is 0 Å². The number of aldehydes is 1.